The van der Waals surface area contributed by atoms with Crippen LogP contribution < -0.4 is 34.7 Å². The van der Waals surface area contributed by atoms with Gasteiger partial charge in [0, 0.05) is 7.26 Å². The molecule has 0 amide bonds. The molecule has 0 saturated heterocycles. The van der Waals surface area contributed by atoms with Gasteiger partial charge in [-0.05, 0) is 0 Å². The topological polar surface area (TPSA) is 57.2 Å². The predicted octanol–water partition coefficient (Wildman–Crippen LogP) is -4.03. The number of rotatable bonds is 2. The molecule has 0 aromatic rings. The van der Waals surface area contributed by atoms with Crippen molar-refractivity contribution in [3.05, 3.63) is 0 Å². The van der Waals surface area contributed by atoms with Crippen LogP contribution in [0.3, 0.4) is 0 Å². The summed E-state index contributed by atoms with van der Waals surface area (Å²) in [6.45, 7) is 2.40. The van der Waals surface area contributed by atoms with E-state index < -0.39 is 17.6 Å². The Morgan fingerprint density at radius 2 is 1.89 bits per heavy atom. The first-order chi connectivity index (χ1) is 3.85. The Kier molecular flexibility index (Phi) is 5.04. The van der Waals surface area contributed by atoms with E-state index in [2.05, 4.69) is 0 Å². The molecule has 0 radical (unpaired) electrons. The van der Waals surface area contributed by atoms with Gasteiger partial charge in [-0.2, -0.15) is 0 Å². The summed E-state index contributed by atoms with van der Waals surface area (Å²) in [6, 6.07) is 0. The molecule has 0 aliphatic heterocycles. The van der Waals surface area contributed by atoms with Crippen LogP contribution in [0, 0.1) is 5.89 Å². The summed E-state index contributed by atoms with van der Waals surface area (Å²) >= 11 is 0. The minimum Gasteiger partial charge on any atom is -0.542 e. The molecular formula is C5H7NaO3. The predicted molar refractivity (Wildman–Crippen MR) is 24.9 cm³/mol. The number of carboxylic acid groups (broad SMARTS) is 1. The molecule has 0 rings (SSSR count). The summed E-state index contributed by atoms with van der Waals surface area (Å²) in [7, 11) is 0. The maximum Gasteiger partial charge on any atom is 1.00 e. The van der Waals surface area contributed by atoms with Crippen LogP contribution in [0.4, 0.5) is 0 Å². The van der Waals surface area contributed by atoms with Crippen molar-refractivity contribution in [2.45, 2.75) is 13.8 Å². The average Bonchev–Trinajstić information content (AvgIpc) is 1.62. The number of carbonyl (C=O) groups is 2. The van der Waals surface area contributed by atoms with Gasteiger partial charge in [-0.15, -0.1) is 0 Å². The van der Waals surface area contributed by atoms with Crippen LogP contribution in [0.2, 0.25) is 0 Å². The summed E-state index contributed by atoms with van der Waals surface area (Å²) in [4.78, 5) is 20.1. The molecule has 0 spiro atoms. The van der Waals surface area contributed by atoms with Crippen LogP contribution in [0.15, 0.2) is 0 Å². The Labute approximate surface area is 77.1 Å². The summed E-state index contributed by atoms with van der Waals surface area (Å²) in [6.07, 6.45) is 0. The molecule has 46 valence electrons. The van der Waals surface area contributed by atoms with Gasteiger partial charge in [0.25, 0.3) is 0 Å². The quantitative estimate of drug-likeness (QED) is 0.223. The SMILES string of the molecule is [2H]C([13CH3])([13CH3])C(=O)C(=O)[O-].[Na+]. The minimum absolute atomic E-state index is 0. The first-order valence-corrected chi connectivity index (χ1v) is 2.11. The van der Waals surface area contributed by atoms with Gasteiger partial charge in [-0.3, -0.25) is 4.79 Å². The number of hydrogen-bond donors (Lipinski definition) is 0. The number of carboxylic acids is 1. The molecule has 0 bridgehead atoms. The molecule has 0 aliphatic carbocycles. The molecule has 0 aliphatic rings. The van der Waals surface area contributed by atoms with Crippen molar-refractivity contribution in [2.75, 3.05) is 0 Å². The maximum atomic E-state index is 10.3. The number of Topliss-reactive ketones (excluding diaryl/α,β-unsaturated/α-hetero) is 1. The minimum atomic E-state index is -1.80. The summed E-state index contributed by atoms with van der Waals surface area (Å²) in [5.41, 5.74) is 0. The number of hydrogen-bond acceptors (Lipinski definition) is 3. The van der Waals surface area contributed by atoms with E-state index in [1.54, 1.807) is 0 Å². The Hall–Kier alpha value is 0.140. The fourth-order valence-electron chi connectivity index (χ4n) is 0.204. The van der Waals surface area contributed by atoms with Crippen LogP contribution in [0.25, 0.3) is 0 Å². The van der Waals surface area contributed by atoms with E-state index in [0.717, 1.165) is 0 Å². The number of carbonyl (C=O) groups excluding carboxylic acids is 2. The average molecular weight is 141 g/mol. The van der Waals surface area contributed by atoms with Gasteiger partial charge in [-0.25, -0.2) is 0 Å². The van der Waals surface area contributed by atoms with Gasteiger partial charge in [0.15, 0.2) is 5.78 Å². The van der Waals surface area contributed by atoms with Crippen molar-refractivity contribution in [1.29, 1.82) is 0 Å². The molecule has 3 nitrogen and oxygen atoms in total. The van der Waals surface area contributed by atoms with Gasteiger partial charge >= 0.3 is 29.6 Å². The zero-order chi connectivity index (χ0) is 7.65. The van der Waals surface area contributed by atoms with E-state index in [0.29, 0.717) is 0 Å². The molecule has 0 saturated carbocycles. The first-order valence-electron chi connectivity index (χ1n) is 2.61. The van der Waals surface area contributed by atoms with Crippen molar-refractivity contribution in [2.24, 2.45) is 5.89 Å². The summed E-state index contributed by atoms with van der Waals surface area (Å²) in [5, 5.41) is 9.77. The van der Waals surface area contributed by atoms with Crippen molar-refractivity contribution in [3.63, 3.8) is 0 Å². The zero-order valence-electron chi connectivity index (χ0n) is 6.72. The normalized spacial score (nSPS) is 11.1. The monoisotopic (exact) mass is 141 g/mol. The molecular weight excluding hydrogens is 133 g/mol. The largest absolute Gasteiger partial charge is 1.00 e. The van der Waals surface area contributed by atoms with E-state index in [1.165, 1.54) is 13.8 Å². The molecule has 0 fully saturated rings. The Morgan fingerprint density at radius 3 is 1.89 bits per heavy atom. The Balaban J connectivity index is 0. The third-order valence-corrected chi connectivity index (χ3v) is 0.640. The molecule has 0 atom stereocenters. The van der Waals surface area contributed by atoms with E-state index in [9.17, 15) is 14.7 Å². The Bertz CT molecular complexity index is 149. The number of aliphatic carboxylic acids is 1. The van der Waals surface area contributed by atoms with Crippen molar-refractivity contribution in [1.82, 2.24) is 0 Å². The molecule has 0 aromatic heterocycles. The third-order valence-electron chi connectivity index (χ3n) is 0.640. The van der Waals surface area contributed by atoms with E-state index in [1.807, 2.05) is 0 Å². The van der Waals surface area contributed by atoms with E-state index in [-0.39, 0.29) is 29.6 Å². The van der Waals surface area contributed by atoms with Crippen LogP contribution in [-0.2, 0) is 9.59 Å². The second-order valence-corrected chi connectivity index (χ2v) is 1.62. The van der Waals surface area contributed by atoms with Gasteiger partial charge in [0.05, 0.1) is 0 Å². The molecule has 9 heavy (non-hydrogen) atoms. The van der Waals surface area contributed by atoms with Crippen LogP contribution >= 0.6 is 0 Å². The van der Waals surface area contributed by atoms with Gasteiger partial charge in [0.1, 0.15) is 5.97 Å². The molecule has 0 unspecified atom stereocenters. The first kappa shape index (κ1) is 9.14. The van der Waals surface area contributed by atoms with Crippen LogP contribution in [0.5, 0.6) is 0 Å². The number of ketones is 1. The van der Waals surface area contributed by atoms with Crippen molar-refractivity contribution >= 4 is 11.8 Å². The fourth-order valence-corrected chi connectivity index (χ4v) is 0.204. The van der Waals surface area contributed by atoms with Crippen LogP contribution in [-0.4, -0.2) is 11.8 Å². The van der Waals surface area contributed by atoms with Crippen molar-refractivity contribution in [3.8, 4) is 0 Å². The van der Waals surface area contributed by atoms with Crippen molar-refractivity contribution < 1.29 is 45.6 Å². The Morgan fingerprint density at radius 1 is 1.56 bits per heavy atom. The van der Waals surface area contributed by atoms with E-state index in [4.69, 9.17) is 1.37 Å². The molecule has 0 heterocycles. The maximum absolute atomic E-state index is 10.3. The summed E-state index contributed by atoms with van der Waals surface area (Å²) < 4.78 is 6.90. The standard InChI is InChI=1S/C5H8O3.Na/c1-3(2)4(6)5(7)8;/h3H,1-2H3,(H,7,8);/q;+1/p-1/i1+1,2+1,3D;. The fraction of sp³-hybridized carbons (Fsp3) is 0.600. The second kappa shape index (κ2) is 4.97. The van der Waals surface area contributed by atoms with Gasteiger partial charge in [-0.1, -0.05) is 13.8 Å². The van der Waals surface area contributed by atoms with Gasteiger partial charge in [0.2, 0.25) is 0 Å². The second-order valence-electron chi connectivity index (χ2n) is 1.62. The van der Waals surface area contributed by atoms with Crippen LogP contribution in [0.1, 0.15) is 15.2 Å². The zero-order valence-corrected chi connectivity index (χ0v) is 7.72. The third kappa shape index (κ3) is 4.63. The molecule has 0 N–H and O–H groups in total. The van der Waals surface area contributed by atoms with Gasteiger partial charge < -0.3 is 9.90 Å². The summed E-state index contributed by atoms with van der Waals surface area (Å²) in [5.74, 6) is -4.56. The molecule has 4 heteroatoms. The molecule has 0 aromatic carbocycles. The smallest absolute Gasteiger partial charge is 0.542 e. The van der Waals surface area contributed by atoms with E-state index >= 15 is 0 Å².